The SMILES string of the molecule is CCC(CC)(CC)OC(=O)CC1(OC(=O)C(C)(C)CC)COC(C)(C)OC1. The van der Waals surface area contributed by atoms with Crippen LogP contribution in [0.5, 0.6) is 0 Å². The quantitative estimate of drug-likeness (QED) is 0.547. The van der Waals surface area contributed by atoms with Gasteiger partial charge in [0.2, 0.25) is 0 Å². The molecule has 0 unspecified atom stereocenters. The lowest BCUT2D eigenvalue weighted by Gasteiger charge is -2.43. The Hall–Kier alpha value is -1.14. The normalized spacial score (nSPS) is 19.4. The number of rotatable bonds is 9. The monoisotopic (exact) mass is 386 g/mol. The summed E-state index contributed by atoms with van der Waals surface area (Å²) in [6, 6.07) is 0. The van der Waals surface area contributed by atoms with Gasteiger partial charge < -0.3 is 18.9 Å². The molecule has 1 aliphatic rings. The van der Waals surface area contributed by atoms with Gasteiger partial charge in [-0.25, -0.2) is 0 Å². The van der Waals surface area contributed by atoms with Gasteiger partial charge in [0.15, 0.2) is 11.4 Å². The van der Waals surface area contributed by atoms with Crippen molar-refractivity contribution >= 4 is 11.9 Å². The van der Waals surface area contributed by atoms with Crippen LogP contribution in [0.3, 0.4) is 0 Å². The molecule has 6 heteroatoms. The zero-order valence-corrected chi connectivity index (χ0v) is 18.4. The van der Waals surface area contributed by atoms with Crippen molar-refractivity contribution in [2.45, 2.75) is 104 Å². The first kappa shape index (κ1) is 23.9. The highest BCUT2D eigenvalue weighted by Gasteiger charge is 2.47. The second-order valence-corrected chi connectivity index (χ2v) is 8.68. The van der Waals surface area contributed by atoms with E-state index in [4.69, 9.17) is 18.9 Å². The zero-order chi connectivity index (χ0) is 20.9. The van der Waals surface area contributed by atoms with Crippen molar-refractivity contribution in [1.29, 1.82) is 0 Å². The van der Waals surface area contributed by atoms with Crippen molar-refractivity contribution in [2.24, 2.45) is 5.41 Å². The van der Waals surface area contributed by atoms with Crippen molar-refractivity contribution < 1.29 is 28.5 Å². The van der Waals surface area contributed by atoms with Gasteiger partial charge >= 0.3 is 11.9 Å². The highest BCUT2D eigenvalue weighted by molar-refractivity contribution is 5.77. The molecule has 0 aromatic carbocycles. The Bertz CT molecular complexity index is 501. The van der Waals surface area contributed by atoms with Gasteiger partial charge in [0.1, 0.15) is 5.60 Å². The molecule has 0 amide bonds. The maximum Gasteiger partial charge on any atom is 0.312 e. The minimum absolute atomic E-state index is 0.0869. The van der Waals surface area contributed by atoms with Gasteiger partial charge in [-0.1, -0.05) is 27.7 Å². The van der Waals surface area contributed by atoms with Gasteiger partial charge in [0.05, 0.1) is 25.0 Å². The van der Waals surface area contributed by atoms with E-state index in [1.165, 1.54) is 0 Å². The van der Waals surface area contributed by atoms with Crippen molar-refractivity contribution in [3.8, 4) is 0 Å². The third-order valence-electron chi connectivity index (χ3n) is 5.84. The predicted molar refractivity (Wildman–Crippen MR) is 103 cm³/mol. The van der Waals surface area contributed by atoms with Gasteiger partial charge in [-0.3, -0.25) is 9.59 Å². The van der Waals surface area contributed by atoms with Crippen LogP contribution in [0.2, 0.25) is 0 Å². The summed E-state index contributed by atoms with van der Waals surface area (Å²) in [5.41, 5.74) is -2.30. The van der Waals surface area contributed by atoms with E-state index in [1.54, 1.807) is 13.8 Å². The first-order valence-corrected chi connectivity index (χ1v) is 10.1. The topological polar surface area (TPSA) is 71.1 Å². The third-order valence-corrected chi connectivity index (χ3v) is 5.84. The van der Waals surface area contributed by atoms with E-state index in [2.05, 4.69) is 0 Å². The number of carbonyl (C=O) groups is 2. The molecule has 1 heterocycles. The molecule has 0 radical (unpaired) electrons. The lowest BCUT2D eigenvalue weighted by Crippen LogP contribution is -2.56. The van der Waals surface area contributed by atoms with Crippen molar-refractivity contribution in [1.82, 2.24) is 0 Å². The van der Waals surface area contributed by atoms with Crippen LogP contribution >= 0.6 is 0 Å². The molecule has 1 aliphatic heterocycles. The number of hydrogen-bond donors (Lipinski definition) is 0. The van der Waals surface area contributed by atoms with Crippen molar-refractivity contribution in [3.05, 3.63) is 0 Å². The van der Waals surface area contributed by atoms with E-state index in [0.717, 1.165) is 19.3 Å². The first-order valence-electron chi connectivity index (χ1n) is 10.1. The Morgan fingerprint density at radius 3 is 1.81 bits per heavy atom. The standard InChI is InChI=1S/C21H38O6/c1-9-18(5,6)17(23)27-21(14-24-19(7,8)25-15-21)13-16(22)26-20(10-2,11-3)12-4/h9-15H2,1-8H3. The third kappa shape index (κ3) is 6.18. The van der Waals surface area contributed by atoms with Gasteiger partial charge in [0.25, 0.3) is 0 Å². The van der Waals surface area contributed by atoms with Crippen LogP contribution in [-0.4, -0.2) is 42.1 Å². The molecule has 27 heavy (non-hydrogen) atoms. The Labute approximate surface area is 164 Å². The Balaban J connectivity index is 2.99. The molecule has 0 spiro atoms. The van der Waals surface area contributed by atoms with Crippen LogP contribution in [-0.2, 0) is 28.5 Å². The zero-order valence-electron chi connectivity index (χ0n) is 18.4. The fraction of sp³-hybridized carbons (Fsp3) is 0.905. The van der Waals surface area contributed by atoms with Crippen LogP contribution in [0.15, 0.2) is 0 Å². The summed E-state index contributed by atoms with van der Waals surface area (Å²) in [5, 5.41) is 0. The predicted octanol–water partition coefficient (Wildman–Crippen LogP) is 4.39. The maximum atomic E-state index is 12.7. The number of carbonyl (C=O) groups excluding carboxylic acids is 2. The Kier molecular flexibility index (Phi) is 7.88. The van der Waals surface area contributed by atoms with Crippen LogP contribution in [0.25, 0.3) is 0 Å². The molecule has 0 aromatic rings. The molecular weight excluding hydrogens is 348 g/mol. The summed E-state index contributed by atoms with van der Waals surface area (Å²) in [5.74, 6) is -1.54. The van der Waals surface area contributed by atoms with Crippen LogP contribution in [0, 0.1) is 5.41 Å². The highest BCUT2D eigenvalue weighted by atomic mass is 16.7. The van der Waals surface area contributed by atoms with Crippen LogP contribution in [0.4, 0.5) is 0 Å². The van der Waals surface area contributed by atoms with E-state index in [-0.39, 0.29) is 25.6 Å². The van der Waals surface area contributed by atoms with Gasteiger partial charge in [-0.15, -0.1) is 0 Å². The van der Waals surface area contributed by atoms with Gasteiger partial charge in [-0.05, 0) is 53.4 Å². The molecule has 1 rings (SSSR count). The molecule has 1 fully saturated rings. The van der Waals surface area contributed by atoms with Gasteiger partial charge in [-0.2, -0.15) is 0 Å². The molecule has 6 nitrogen and oxygen atoms in total. The van der Waals surface area contributed by atoms with E-state index in [1.807, 2.05) is 41.5 Å². The lowest BCUT2D eigenvalue weighted by molar-refractivity contribution is -0.307. The molecule has 158 valence electrons. The summed E-state index contributed by atoms with van der Waals surface area (Å²) in [6.45, 7) is 15.4. The summed E-state index contributed by atoms with van der Waals surface area (Å²) < 4.78 is 23.1. The number of ether oxygens (including phenoxy) is 4. The number of hydrogen-bond acceptors (Lipinski definition) is 6. The fourth-order valence-corrected chi connectivity index (χ4v) is 2.88. The van der Waals surface area contributed by atoms with Crippen LogP contribution in [0.1, 0.15) is 87.5 Å². The van der Waals surface area contributed by atoms with E-state index in [9.17, 15) is 9.59 Å². The second kappa shape index (κ2) is 8.91. The minimum Gasteiger partial charge on any atom is -0.459 e. The smallest absolute Gasteiger partial charge is 0.312 e. The Morgan fingerprint density at radius 2 is 1.41 bits per heavy atom. The Morgan fingerprint density at radius 1 is 0.926 bits per heavy atom. The molecule has 0 atom stereocenters. The largest absolute Gasteiger partial charge is 0.459 e. The highest BCUT2D eigenvalue weighted by Crippen LogP contribution is 2.34. The number of esters is 2. The molecule has 0 bridgehead atoms. The molecule has 1 saturated heterocycles. The second-order valence-electron chi connectivity index (χ2n) is 8.68. The summed E-state index contributed by atoms with van der Waals surface area (Å²) in [4.78, 5) is 25.4. The van der Waals surface area contributed by atoms with Crippen LogP contribution < -0.4 is 0 Å². The molecule has 0 aromatic heterocycles. The minimum atomic E-state index is -1.17. The van der Waals surface area contributed by atoms with Gasteiger partial charge in [0, 0.05) is 0 Å². The molecular formula is C21H38O6. The first-order chi connectivity index (χ1) is 12.4. The van der Waals surface area contributed by atoms with E-state index in [0.29, 0.717) is 6.42 Å². The fourth-order valence-electron chi connectivity index (χ4n) is 2.88. The van der Waals surface area contributed by atoms with Crippen molar-refractivity contribution in [2.75, 3.05) is 13.2 Å². The van der Waals surface area contributed by atoms with E-state index < -0.39 is 28.4 Å². The van der Waals surface area contributed by atoms with Crippen molar-refractivity contribution in [3.63, 3.8) is 0 Å². The summed E-state index contributed by atoms with van der Waals surface area (Å²) >= 11 is 0. The maximum absolute atomic E-state index is 12.7. The average Bonchev–Trinajstić information content (AvgIpc) is 2.62. The molecule has 0 aliphatic carbocycles. The average molecular weight is 387 g/mol. The lowest BCUT2D eigenvalue weighted by atomic mass is 9.89. The molecule has 0 N–H and O–H groups in total. The summed E-state index contributed by atoms with van der Waals surface area (Å²) in [7, 11) is 0. The summed E-state index contributed by atoms with van der Waals surface area (Å²) in [6.07, 6.45) is 2.75. The van der Waals surface area contributed by atoms with E-state index >= 15 is 0 Å². The molecule has 0 saturated carbocycles.